The van der Waals surface area contributed by atoms with E-state index in [0.717, 1.165) is 5.56 Å². The van der Waals surface area contributed by atoms with E-state index in [1.165, 1.54) is 12.1 Å². The summed E-state index contributed by atoms with van der Waals surface area (Å²) in [7, 11) is 0. The fraction of sp³-hybridized carbons (Fsp3) is 0.0714. The molecule has 0 fully saturated rings. The smallest absolute Gasteiger partial charge is 0.252 e. The van der Waals surface area contributed by atoms with Gasteiger partial charge in [-0.1, -0.05) is 6.07 Å². The van der Waals surface area contributed by atoms with Crippen LogP contribution in [0.4, 0.5) is 10.1 Å². The minimum Gasteiger partial charge on any atom is -0.488 e. The molecule has 1 amide bonds. The molecule has 20 heavy (non-hydrogen) atoms. The number of hydrogen-bond donors (Lipinski definition) is 2. The van der Waals surface area contributed by atoms with Crippen LogP contribution in [0, 0.1) is 5.82 Å². The lowest BCUT2D eigenvalue weighted by molar-refractivity contribution is 0.0996. The zero-order valence-electron chi connectivity index (χ0n) is 10.4. The normalized spacial score (nSPS) is 10.3. The number of carbonyl (C=O) groups is 1. The van der Waals surface area contributed by atoms with Gasteiger partial charge in [0.05, 0.1) is 10.0 Å². The predicted molar refractivity (Wildman–Crippen MR) is 77.8 cm³/mol. The average molecular weight is 339 g/mol. The number of primary amides is 1. The molecule has 0 heterocycles. The van der Waals surface area contributed by atoms with Crippen molar-refractivity contribution < 1.29 is 13.9 Å². The van der Waals surface area contributed by atoms with E-state index in [1.54, 1.807) is 24.3 Å². The fourth-order valence-corrected chi connectivity index (χ4v) is 2.08. The average Bonchev–Trinajstić information content (AvgIpc) is 2.41. The van der Waals surface area contributed by atoms with Gasteiger partial charge in [0.2, 0.25) is 0 Å². The Kier molecular flexibility index (Phi) is 4.24. The quantitative estimate of drug-likeness (QED) is 0.841. The van der Waals surface area contributed by atoms with Crippen molar-refractivity contribution in [2.75, 3.05) is 5.73 Å². The molecular weight excluding hydrogens is 327 g/mol. The highest BCUT2D eigenvalue weighted by atomic mass is 79.9. The molecule has 0 aromatic heterocycles. The van der Waals surface area contributed by atoms with Gasteiger partial charge < -0.3 is 16.2 Å². The molecule has 104 valence electrons. The minimum absolute atomic E-state index is 0.184. The third kappa shape index (κ3) is 3.27. The Bertz CT molecular complexity index is 662. The van der Waals surface area contributed by atoms with Crippen molar-refractivity contribution in [1.29, 1.82) is 0 Å². The van der Waals surface area contributed by atoms with E-state index in [4.69, 9.17) is 16.2 Å². The summed E-state index contributed by atoms with van der Waals surface area (Å²) in [4.78, 5) is 11.3. The van der Waals surface area contributed by atoms with Crippen LogP contribution >= 0.6 is 15.9 Å². The molecule has 2 aromatic rings. The number of amides is 1. The highest BCUT2D eigenvalue weighted by Gasteiger charge is 2.10. The van der Waals surface area contributed by atoms with Crippen molar-refractivity contribution in [2.24, 2.45) is 5.73 Å². The Balaban J connectivity index is 2.18. The molecule has 0 bridgehead atoms. The van der Waals surface area contributed by atoms with Crippen molar-refractivity contribution in [3.8, 4) is 5.75 Å². The summed E-state index contributed by atoms with van der Waals surface area (Å²) in [5.74, 6) is -0.626. The minimum atomic E-state index is -0.618. The second-order valence-corrected chi connectivity index (χ2v) is 5.01. The maximum absolute atomic E-state index is 13.1. The highest BCUT2D eigenvalue weighted by Crippen LogP contribution is 2.23. The van der Waals surface area contributed by atoms with Gasteiger partial charge in [-0.25, -0.2) is 4.39 Å². The van der Waals surface area contributed by atoms with Gasteiger partial charge in [0.25, 0.3) is 5.91 Å². The molecule has 4 nitrogen and oxygen atoms in total. The SMILES string of the molecule is NC(=O)c1cc(N)ccc1OCc1ccc(F)c(Br)c1. The van der Waals surface area contributed by atoms with E-state index in [2.05, 4.69) is 15.9 Å². The Hall–Kier alpha value is -2.08. The van der Waals surface area contributed by atoms with E-state index in [-0.39, 0.29) is 18.0 Å². The first-order valence-electron chi connectivity index (χ1n) is 5.73. The molecule has 6 heteroatoms. The maximum atomic E-state index is 13.1. The molecule has 0 aliphatic heterocycles. The third-order valence-electron chi connectivity index (χ3n) is 2.65. The molecule has 0 saturated carbocycles. The van der Waals surface area contributed by atoms with Crippen LogP contribution in [0.3, 0.4) is 0 Å². The highest BCUT2D eigenvalue weighted by molar-refractivity contribution is 9.10. The third-order valence-corrected chi connectivity index (χ3v) is 3.26. The van der Waals surface area contributed by atoms with Crippen LogP contribution in [0.2, 0.25) is 0 Å². The lowest BCUT2D eigenvalue weighted by Crippen LogP contribution is -2.13. The molecule has 0 spiro atoms. The number of carbonyl (C=O) groups excluding carboxylic acids is 1. The van der Waals surface area contributed by atoms with Gasteiger partial charge in [0.1, 0.15) is 18.2 Å². The monoisotopic (exact) mass is 338 g/mol. The van der Waals surface area contributed by atoms with E-state index in [0.29, 0.717) is 15.9 Å². The molecule has 0 saturated heterocycles. The van der Waals surface area contributed by atoms with Gasteiger partial charge in [0, 0.05) is 5.69 Å². The van der Waals surface area contributed by atoms with E-state index < -0.39 is 5.91 Å². The fourth-order valence-electron chi connectivity index (χ4n) is 1.66. The van der Waals surface area contributed by atoms with E-state index in [1.807, 2.05) is 0 Å². The summed E-state index contributed by atoms with van der Waals surface area (Å²) in [6, 6.07) is 9.19. The van der Waals surface area contributed by atoms with Crippen LogP contribution < -0.4 is 16.2 Å². The van der Waals surface area contributed by atoms with Gasteiger partial charge in [-0.15, -0.1) is 0 Å². The zero-order chi connectivity index (χ0) is 14.7. The van der Waals surface area contributed by atoms with Crippen molar-refractivity contribution in [3.05, 3.63) is 57.8 Å². The summed E-state index contributed by atoms with van der Waals surface area (Å²) in [6.07, 6.45) is 0. The number of anilines is 1. The van der Waals surface area contributed by atoms with Crippen molar-refractivity contribution in [3.63, 3.8) is 0 Å². The number of nitrogen functional groups attached to an aromatic ring is 1. The summed E-state index contributed by atoms with van der Waals surface area (Å²) in [6.45, 7) is 0.184. The second kappa shape index (κ2) is 5.92. The van der Waals surface area contributed by atoms with Crippen LogP contribution in [0.1, 0.15) is 15.9 Å². The Labute approximate surface area is 123 Å². The number of halogens is 2. The van der Waals surface area contributed by atoms with Crippen LogP contribution in [0.15, 0.2) is 40.9 Å². The number of benzene rings is 2. The summed E-state index contributed by atoms with van der Waals surface area (Å²) in [5, 5.41) is 0. The van der Waals surface area contributed by atoms with Crippen molar-refractivity contribution >= 4 is 27.5 Å². The molecule has 0 unspecified atom stereocenters. The molecule has 2 aromatic carbocycles. The lowest BCUT2D eigenvalue weighted by atomic mass is 10.1. The number of nitrogens with two attached hydrogens (primary N) is 2. The Morgan fingerprint density at radius 2 is 2.00 bits per heavy atom. The van der Waals surface area contributed by atoms with Crippen molar-refractivity contribution in [1.82, 2.24) is 0 Å². The van der Waals surface area contributed by atoms with Crippen LogP contribution in [0.5, 0.6) is 5.75 Å². The van der Waals surface area contributed by atoms with Gasteiger partial charge >= 0.3 is 0 Å². The van der Waals surface area contributed by atoms with Gasteiger partial charge in [0.15, 0.2) is 0 Å². The van der Waals surface area contributed by atoms with Crippen LogP contribution in [-0.2, 0) is 6.61 Å². The van der Waals surface area contributed by atoms with Gasteiger partial charge in [-0.3, -0.25) is 4.79 Å². The Morgan fingerprint density at radius 1 is 1.25 bits per heavy atom. The van der Waals surface area contributed by atoms with E-state index >= 15 is 0 Å². The van der Waals surface area contributed by atoms with Crippen molar-refractivity contribution in [2.45, 2.75) is 6.61 Å². The molecule has 2 rings (SSSR count). The first kappa shape index (κ1) is 14.3. The Morgan fingerprint density at radius 3 is 2.65 bits per heavy atom. The standard InChI is InChI=1S/C14H12BrFN2O2/c15-11-5-8(1-3-12(11)16)7-20-13-4-2-9(17)6-10(13)14(18)19/h1-6H,7,17H2,(H2,18,19). The number of hydrogen-bond acceptors (Lipinski definition) is 3. The molecule has 4 N–H and O–H groups in total. The van der Waals surface area contributed by atoms with E-state index in [9.17, 15) is 9.18 Å². The van der Waals surface area contributed by atoms with Gasteiger partial charge in [-0.05, 0) is 51.8 Å². The lowest BCUT2D eigenvalue weighted by Gasteiger charge is -2.10. The molecular formula is C14H12BrFN2O2. The van der Waals surface area contributed by atoms with Crippen LogP contribution in [0.25, 0.3) is 0 Å². The number of rotatable bonds is 4. The molecule has 0 atom stereocenters. The van der Waals surface area contributed by atoms with Crippen LogP contribution in [-0.4, -0.2) is 5.91 Å². The maximum Gasteiger partial charge on any atom is 0.252 e. The predicted octanol–water partition coefficient (Wildman–Crippen LogP) is 2.85. The summed E-state index contributed by atoms with van der Waals surface area (Å²) in [5.41, 5.74) is 12.3. The molecule has 0 radical (unpaired) electrons. The second-order valence-electron chi connectivity index (χ2n) is 4.16. The summed E-state index contributed by atoms with van der Waals surface area (Å²) >= 11 is 3.10. The molecule has 0 aliphatic rings. The topological polar surface area (TPSA) is 78.3 Å². The first-order chi connectivity index (χ1) is 9.47. The zero-order valence-corrected chi connectivity index (χ0v) is 12.0. The molecule has 0 aliphatic carbocycles. The van der Waals surface area contributed by atoms with Gasteiger partial charge in [-0.2, -0.15) is 0 Å². The number of ether oxygens (including phenoxy) is 1. The largest absolute Gasteiger partial charge is 0.488 e. The first-order valence-corrected chi connectivity index (χ1v) is 6.52. The summed E-state index contributed by atoms with van der Waals surface area (Å²) < 4.78 is 19.0.